The molecule has 1 aromatic rings. The van der Waals surface area contributed by atoms with Crippen LogP contribution in [-0.2, 0) is 11.2 Å². The maximum atomic E-state index is 10.9. The number of nitrogens with two attached hydrogens (primary N) is 3. The van der Waals surface area contributed by atoms with Crippen LogP contribution in [0.1, 0.15) is 12.5 Å². The second kappa shape index (κ2) is 7.83. The average Bonchev–Trinajstić information content (AvgIpc) is 2.19. The van der Waals surface area contributed by atoms with Crippen LogP contribution in [0.2, 0.25) is 0 Å². The van der Waals surface area contributed by atoms with Crippen molar-refractivity contribution in [3.63, 3.8) is 0 Å². The fourth-order valence-corrected chi connectivity index (χ4v) is 1.34. The SMILES string of the molecule is C[C@](N)(Cc1ccc(N=C(N)N)cc1)C(=O)O.Cl.Cl. The summed E-state index contributed by atoms with van der Waals surface area (Å²) in [5.41, 5.74) is 16.3. The molecule has 1 atom stereocenters. The summed E-state index contributed by atoms with van der Waals surface area (Å²) in [4.78, 5) is 14.7. The molecule has 1 rings (SSSR count). The summed E-state index contributed by atoms with van der Waals surface area (Å²) in [6.45, 7) is 1.47. The topological polar surface area (TPSA) is 128 Å². The van der Waals surface area contributed by atoms with Gasteiger partial charge in [0.15, 0.2) is 5.96 Å². The highest BCUT2D eigenvalue weighted by molar-refractivity contribution is 5.85. The Morgan fingerprint density at radius 1 is 1.26 bits per heavy atom. The molecule has 7 N–H and O–H groups in total. The van der Waals surface area contributed by atoms with Gasteiger partial charge in [-0.3, -0.25) is 4.79 Å². The lowest BCUT2D eigenvalue weighted by molar-refractivity contribution is -0.142. The third-order valence-corrected chi connectivity index (χ3v) is 2.25. The maximum Gasteiger partial charge on any atom is 0.323 e. The largest absolute Gasteiger partial charge is 0.480 e. The number of halogens is 2. The number of carboxylic acid groups (broad SMARTS) is 1. The van der Waals surface area contributed by atoms with E-state index in [4.69, 9.17) is 22.3 Å². The van der Waals surface area contributed by atoms with Crippen LogP contribution in [0.3, 0.4) is 0 Å². The fraction of sp³-hybridized carbons (Fsp3) is 0.273. The van der Waals surface area contributed by atoms with Gasteiger partial charge in [-0.1, -0.05) is 12.1 Å². The van der Waals surface area contributed by atoms with Gasteiger partial charge in [-0.2, -0.15) is 0 Å². The van der Waals surface area contributed by atoms with Crippen LogP contribution >= 0.6 is 24.8 Å². The number of carbonyl (C=O) groups is 1. The molecular weight excluding hydrogens is 291 g/mol. The zero-order chi connectivity index (χ0) is 13.1. The van der Waals surface area contributed by atoms with Gasteiger partial charge >= 0.3 is 5.97 Å². The first-order chi connectivity index (χ1) is 7.81. The van der Waals surface area contributed by atoms with Gasteiger partial charge in [-0.25, -0.2) is 4.99 Å². The van der Waals surface area contributed by atoms with E-state index in [2.05, 4.69) is 4.99 Å². The minimum Gasteiger partial charge on any atom is -0.480 e. The van der Waals surface area contributed by atoms with E-state index in [0.717, 1.165) is 5.56 Å². The first kappa shape index (κ1) is 19.8. The Hall–Kier alpha value is -1.50. The minimum atomic E-state index is -1.28. The highest BCUT2D eigenvalue weighted by Crippen LogP contribution is 2.16. The monoisotopic (exact) mass is 308 g/mol. The van der Waals surface area contributed by atoms with Crippen LogP contribution in [0, 0.1) is 0 Å². The van der Waals surface area contributed by atoms with E-state index in [1.807, 2.05) is 0 Å². The molecule has 0 fully saturated rings. The predicted octanol–water partition coefficient (Wildman–Crippen LogP) is 0.780. The molecule has 0 saturated carbocycles. The Balaban J connectivity index is 0. The molecule has 6 nitrogen and oxygen atoms in total. The quantitative estimate of drug-likeness (QED) is 0.482. The van der Waals surface area contributed by atoms with E-state index in [9.17, 15) is 4.79 Å². The van der Waals surface area contributed by atoms with E-state index in [1.54, 1.807) is 24.3 Å². The summed E-state index contributed by atoms with van der Waals surface area (Å²) in [7, 11) is 0. The number of aliphatic imine (C=N–C) groups is 1. The molecule has 19 heavy (non-hydrogen) atoms. The van der Waals surface area contributed by atoms with Crippen LogP contribution in [0.25, 0.3) is 0 Å². The molecule has 0 amide bonds. The number of hydrogen-bond donors (Lipinski definition) is 4. The van der Waals surface area contributed by atoms with Crippen molar-refractivity contribution in [3.8, 4) is 0 Å². The zero-order valence-corrected chi connectivity index (χ0v) is 12.0. The number of nitrogens with zero attached hydrogens (tertiary/aromatic N) is 1. The first-order valence-corrected chi connectivity index (χ1v) is 5.02. The van der Waals surface area contributed by atoms with E-state index >= 15 is 0 Å². The van der Waals surface area contributed by atoms with Crippen molar-refractivity contribution in [2.24, 2.45) is 22.2 Å². The Kier molecular flexibility index (Phi) is 8.17. The summed E-state index contributed by atoms with van der Waals surface area (Å²) in [5.74, 6) is -1.06. The molecule has 0 spiro atoms. The van der Waals surface area contributed by atoms with Crippen molar-refractivity contribution in [3.05, 3.63) is 29.8 Å². The second-order valence-electron chi connectivity index (χ2n) is 4.10. The van der Waals surface area contributed by atoms with E-state index < -0.39 is 11.5 Å². The molecule has 0 aliphatic rings. The van der Waals surface area contributed by atoms with Gasteiger partial charge in [-0.05, 0) is 24.6 Å². The molecule has 1 aromatic carbocycles. The highest BCUT2D eigenvalue weighted by Gasteiger charge is 2.27. The minimum absolute atomic E-state index is 0. The van der Waals surface area contributed by atoms with E-state index in [0.29, 0.717) is 5.69 Å². The second-order valence-corrected chi connectivity index (χ2v) is 4.10. The van der Waals surface area contributed by atoms with Gasteiger partial charge in [0.2, 0.25) is 0 Å². The van der Waals surface area contributed by atoms with Crippen molar-refractivity contribution < 1.29 is 9.90 Å². The van der Waals surface area contributed by atoms with Crippen molar-refractivity contribution in [1.29, 1.82) is 0 Å². The summed E-state index contributed by atoms with van der Waals surface area (Å²) in [6.07, 6.45) is 0.241. The summed E-state index contributed by atoms with van der Waals surface area (Å²) in [5, 5.41) is 8.90. The molecule has 0 bridgehead atoms. The number of rotatable bonds is 4. The van der Waals surface area contributed by atoms with Gasteiger partial charge in [0.05, 0.1) is 5.69 Å². The van der Waals surface area contributed by atoms with Gasteiger partial charge in [0, 0.05) is 6.42 Å². The Morgan fingerprint density at radius 3 is 2.11 bits per heavy atom. The molecule has 0 saturated heterocycles. The van der Waals surface area contributed by atoms with Crippen LogP contribution in [0.5, 0.6) is 0 Å². The lowest BCUT2D eigenvalue weighted by atomic mass is 9.94. The summed E-state index contributed by atoms with van der Waals surface area (Å²) < 4.78 is 0. The summed E-state index contributed by atoms with van der Waals surface area (Å²) in [6, 6.07) is 6.89. The molecular formula is C11H18Cl2N4O2. The number of guanidine groups is 1. The van der Waals surface area contributed by atoms with Crippen molar-refractivity contribution >= 4 is 42.4 Å². The molecule has 0 unspecified atom stereocenters. The van der Waals surface area contributed by atoms with Crippen LogP contribution in [0.15, 0.2) is 29.3 Å². The van der Waals surface area contributed by atoms with Crippen molar-refractivity contribution in [2.45, 2.75) is 18.9 Å². The first-order valence-electron chi connectivity index (χ1n) is 5.02. The lowest BCUT2D eigenvalue weighted by Gasteiger charge is -2.18. The van der Waals surface area contributed by atoms with E-state index in [1.165, 1.54) is 6.92 Å². The molecule has 0 heterocycles. The predicted molar refractivity (Wildman–Crippen MR) is 80.3 cm³/mol. The molecule has 8 heteroatoms. The van der Waals surface area contributed by atoms with Gasteiger partial charge in [0.1, 0.15) is 5.54 Å². The molecule has 108 valence electrons. The highest BCUT2D eigenvalue weighted by atomic mass is 35.5. The van der Waals surface area contributed by atoms with Crippen molar-refractivity contribution in [2.75, 3.05) is 0 Å². The molecule has 0 radical (unpaired) electrons. The Labute approximate surface area is 123 Å². The van der Waals surface area contributed by atoms with Crippen LogP contribution in [-0.4, -0.2) is 22.6 Å². The van der Waals surface area contributed by atoms with E-state index in [-0.39, 0.29) is 37.2 Å². The average molecular weight is 309 g/mol. The third kappa shape index (κ3) is 6.28. The Morgan fingerprint density at radius 2 is 1.74 bits per heavy atom. The Bertz CT molecular complexity index is 443. The van der Waals surface area contributed by atoms with Crippen LogP contribution in [0.4, 0.5) is 5.69 Å². The zero-order valence-electron chi connectivity index (χ0n) is 10.4. The summed E-state index contributed by atoms with van der Waals surface area (Å²) >= 11 is 0. The maximum absolute atomic E-state index is 10.9. The fourth-order valence-electron chi connectivity index (χ4n) is 1.34. The molecule has 0 aromatic heterocycles. The number of aliphatic carboxylic acids is 1. The molecule has 0 aliphatic carbocycles. The standard InChI is InChI=1S/C11H16N4O2.2ClH/c1-11(14,9(16)17)6-7-2-4-8(5-3-7)15-10(12)13;;/h2-5H,6,14H2,1H3,(H,16,17)(H4,12,13,15);2*1H/t11-;;/m0../s1. The third-order valence-electron chi connectivity index (χ3n) is 2.25. The van der Waals surface area contributed by atoms with Gasteiger partial charge < -0.3 is 22.3 Å². The smallest absolute Gasteiger partial charge is 0.323 e. The number of carboxylic acids is 1. The lowest BCUT2D eigenvalue weighted by Crippen LogP contribution is -2.46. The number of hydrogen-bond acceptors (Lipinski definition) is 3. The van der Waals surface area contributed by atoms with Gasteiger partial charge in [-0.15, -0.1) is 24.8 Å². The number of benzene rings is 1. The van der Waals surface area contributed by atoms with Crippen molar-refractivity contribution in [1.82, 2.24) is 0 Å². The van der Waals surface area contributed by atoms with Gasteiger partial charge in [0.25, 0.3) is 0 Å². The molecule has 0 aliphatic heterocycles. The normalized spacial score (nSPS) is 12.3. The van der Waals surface area contributed by atoms with Crippen LogP contribution < -0.4 is 17.2 Å².